The molecule has 0 aromatic heterocycles. The van der Waals surface area contributed by atoms with Crippen LogP contribution < -0.4 is 5.32 Å². The van der Waals surface area contributed by atoms with Crippen molar-refractivity contribution in [3.8, 4) is 5.75 Å². The highest BCUT2D eigenvalue weighted by molar-refractivity contribution is 5.95. The van der Waals surface area contributed by atoms with Gasteiger partial charge in [-0.2, -0.15) is 0 Å². The van der Waals surface area contributed by atoms with Gasteiger partial charge >= 0.3 is 0 Å². The van der Waals surface area contributed by atoms with Crippen molar-refractivity contribution in [1.29, 1.82) is 0 Å². The lowest BCUT2D eigenvalue weighted by molar-refractivity contribution is 0.0951. The number of hydrogen-bond donors (Lipinski definition) is 2. The topological polar surface area (TPSA) is 52.6 Å². The average molecular weight is 427 g/mol. The number of nitrogens with zero attached hydrogens (tertiary/aromatic N) is 1. The lowest BCUT2D eigenvalue weighted by Gasteiger charge is -2.35. The second kappa shape index (κ2) is 10.3. The smallest absolute Gasteiger partial charge is 0.251 e. The van der Waals surface area contributed by atoms with Crippen molar-refractivity contribution in [2.24, 2.45) is 0 Å². The number of rotatable bonds is 7. The molecule has 3 aromatic carbocycles. The summed E-state index contributed by atoms with van der Waals surface area (Å²) in [6, 6.07) is 23.8. The fourth-order valence-electron chi connectivity index (χ4n) is 4.32. The summed E-state index contributed by atoms with van der Waals surface area (Å²) in [4.78, 5) is 15.2. The Morgan fingerprint density at radius 1 is 1.09 bits per heavy atom. The number of phenolic OH excluding ortho intramolecular Hbond substituents is 1. The highest BCUT2D eigenvalue weighted by Crippen LogP contribution is 2.33. The number of nitrogens with one attached hydrogen (secondary N) is 1. The Kier molecular flexibility index (Phi) is 7.03. The maximum atomic E-state index is 12.9. The second-order valence-electron chi connectivity index (χ2n) is 8.29. The molecule has 1 aliphatic rings. The number of carbonyl (C=O) groups excluding carboxylic acids is 1. The zero-order valence-electron chi connectivity index (χ0n) is 18.5. The fourth-order valence-corrected chi connectivity index (χ4v) is 4.32. The van der Waals surface area contributed by atoms with E-state index in [0.29, 0.717) is 18.8 Å². The fraction of sp³-hybridized carbons (Fsp3) is 0.250. The molecule has 0 radical (unpaired) electrons. The number of benzene rings is 3. The van der Waals surface area contributed by atoms with Gasteiger partial charge in [0, 0.05) is 31.2 Å². The maximum Gasteiger partial charge on any atom is 0.251 e. The van der Waals surface area contributed by atoms with Crippen LogP contribution in [-0.2, 0) is 13.0 Å². The van der Waals surface area contributed by atoms with Crippen LogP contribution >= 0.6 is 0 Å². The third-order valence-electron chi connectivity index (χ3n) is 6.14. The van der Waals surface area contributed by atoms with E-state index in [1.54, 1.807) is 6.07 Å². The SMILES string of the molecule is CC1c2cc(O)ccc2CCN1Cc1ccccc1C(=O)NCC/C=C/c1ccccc1. The molecule has 4 heteroatoms. The number of hydrogen-bond acceptors (Lipinski definition) is 3. The molecule has 2 N–H and O–H groups in total. The van der Waals surface area contributed by atoms with Gasteiger partial charge in [0.15, 0.2) is 0 Å². The third-order valence-corrected chi connectivity index (χ3v) is 6.14. The molecule has 3 aromatic rings. The van der Waals surface area contributed by atoms with Crippen LogP contribution in [-0.4, -0.2) is 29.0 Å². The molecule has 1 aliphatic heterocycles. The number of fused-ring (bicyclic) bond motifs is 1. The number of phenols is 1. The molecule has 1 heterocycles. The molecule has 4 rings (SSSR count). The molecular formula is C28H30N2O2. The molecule has 0 fully saturated rings. The van der Waals surface area contributed by atoms with Gasteiger partial charge in [0.2, 0.25) is 0 Å². The lowest BCUT2D eigenvalue weighted by Crippen LogP contribution is -2.34. The van der Waals surface area contributed by atoms with E-state index in [2.05, 4.69) is 41.4 Å². The zero-order chi connectivity index (χ0) is 22.3. The van der Waals surface area contributed by atoms with Crippen LogP contribution in [0.5, 0.6) is 5.75 Å². The van der Waals surface area contributed by atoms with Crippen LogP contribution in [0.1, 0.15) is 52.0 Å². The van der Waals surface area contributed by atoms with Crippen molar-refractivity contribution < 1.29 is 9.90 Å². The van der Waals surface area contributed by atoms with Gasteiger partial charge in [-0.05, 0) is 60.2 Å². The molecular weight excluding hydrogens is 396 g/mol. The molecule has 0 aliphatic carbocycles. The largest absolute Gasteiger partial charge is 0.508 e. The van der Waals surface area contributed by atoms with E-state index in [1.165, 1.54) is 11.1 Å². The van der Waals surface area contributed by atoms with E-state index in [-0.39, 0.29) is 11.9 Å². The van der Waals surface area contributed by atoms with Gasteiger partial charge in [-0.3, -0.25) is 9.69 Å². The van der Waals surface area contributed by atoms with Crippen LogP contribution in [0.2, 0.25) is 0 Å². The molecule has 0 saturated carbocycles. The Bertz CT molecular complexity index is 1090. The first-order chi connectivity index (χ1) is 15.6. The van der Waals surface area contributed by atoms with E-state index < -0.39 is 0 Å². The van der Waals surface area contributed by atoms with Crippen LogP contribution in [0.25, 0.3) is 6.08 Å². The average Bonchev–Trinajstić information content (AvgIpc) is 2.82. The van der Waals surface area contributed by atoms with Gasteiger partial charge in [-0.1, -0.05) is 66.7 Å². The van der Waals surface area contributed by atoms with E-state index in [9.17, 15) is 9.90 Å². The summed E-state index contributed by atoms with van der Waals surface area (Å²) in [7, 11) is 0. The van der Waals surface area contributed by atoms with Gasteiger partial charge in [-0.25, -0.2) is 0 Å². The Balaban J connectivity index is 1.37. The van der Waals surface area contributed by atoms with E-state index in [1.807, 2.05) is 54.6 Å². The van der Waals surface area contributed by atoms with Gasteiger partial charge in [-0.15, -0.1) is 0 Å². The van der Waals surface area contributed by atoms with E-state index >= 15 is 0 Å². The van der Waals surface area contributed by atoms with Crippen LogP contribution in [0.3, 0.4) is 0 Å². The Hall–Kier alpha value is -3.37. The summed E-state index contributed by atoms with van der Waals surface area (Å²) in [6.07, 6.45) is 5.89. The number of carbonyl (C=O) groups is 1. The monoisotopic (exact) mass is 426 g/mol. The number of amides is 1. The minimum Gasteiger partial charge on any atom is -0.508 e. The van der Waals surface area contributed by atoms with Gasteiger partial charge in [0.05, 0.1) is 0 Å². The molecule has 164 valence electrons. The minimum atomic E-state index is -0.0311. The van der Waals surface area contributed by atoms with Gasteiger partial charge in [0.25, 0.3) is 5.91 Å². The summed E-state index contributed by atoms with van der Waals surface area (Å²) in [5.41, 5.74) is 5.38. The quantitative estimate of drug-likeness (QED) is 0.501. The maximum absolute atomic E-state index is 12.9. The predicted octanol–water partition coefficient (Wildman–Crippen LogP) is 5.34. The Morgan fingerprint density at radius 2 is 1.88 bits per heavy atom. The normalized spacial score (nSPS) is 16.1. The minimum absolute atomic E-state index is 0.0311. The van der Waals surface area contributed by atoms with Crippen LogP contribution in [0.15, 0.2) is 78.9 Å². The lowest BCUT2D eigenvalue weighted by atomic mass is 9.92. The van der Waals surface area contributed by atoms with E-state index in [0.717, 1.165) is 36.1 Å². The summed E-state index contributed by atoms with van der Waals surface area (Å²) >= 11 is 0. The van der Waals surface area contributed by atoms with Gasteiger partial charge < -0.3 is 10.4 Å². The Morgan fingerprint density at radius 3 is 2.72 bits per heavy atom. The summed E-state index contributed by atoms with van der Waals surface area (Å²) in [5, 5.41) is 13.0. The predicted molar refractivity (Wildman–Crippen MR) is 130 cm³/mol. The van der Waals surface area contributed by atoms with Crippen molar-refractivity contribution in [2.45, 2.75) is 32.4 Å². The molecule has 0 saturated heterocycles. The molecule has 1 amide bonds. The van der Waals surface area contributed by atoms with Crippen molar-refractivity contribution in [3.05, 3.63) is 107 Å². The van der Waals surface area contributed by atoms with E-state index in [4.69, 9.17) is 0 Å². The summed E-state index contributed by atoms with van der Waals surface area (Å²) < 4.78 is 0. The standard InChI is InChI=1S/C28H30N2O2/c1-21-27-19-25(31)15-14-23(27)16-18-30(21)20-24-12-5-6-13-26(24)28(32)29-17-8-7-11-22-9-3-2-4-10-22/h2-7,9-15,19,21,31H,8,16-18,20H2,1H3,(H,29,32)/b11-7+. The number of aromatic hydroxyl groups is 1. The molecule has 0 bridgehead atoms. The highest BCUT2D eigenvalue weighted by Gasteiger charge is 2.25. The molecule has 4 nitrogen and oxygen atoms in total. The van der Waals surface area contributed by atoms with Gasteiger partial charge in [0.1, 0.15) is 5.75 Å². The first kappa shape index (κ1) is 21.8. The summed E-state index contributed by atoms with van der Waals surface area (Å²) in [5.74, 6) is 0.273. The molecule has 1 atom stereocenters. The van der Waals surface area contributed by atoms with Crippen molar-refractivity contribution in [2.75, 3.05) is 13.1 Å². The zero-order valence-corrected chi connectivity index (χ0v) is 18.5. The molecule has 32 heavy (non-hydrogen) atoms. The van der Waals surface area contributed by atoms with Crippen molar-refractivity contribution in [3.63, 3.8) is 0 Å². The second-order valence-corrected chi connectivity index (χ2v) is 8.29. The molecule has 1 unspecified atom stereocenters. The van der Waals surface area contributed by atoms with Crippen molar-refractivity contribution in [1.82, 2.24) is 10.2 Å². The van der Waals surface area contributed by atoms with Crippen molar-refractivity contribution >= 4 is 12.0 Å². The first-order valence-corrected chi connectivity index (χ1v) is 11.3. The first-order valence-electron chi connectivity index (χ1n) is 11.3. The third kappa shape index (κ3) is 5.27. The summed E-state index contributed by atoms with van der Waals surface area (Å²) in [6.45, 7) is 4.40. The van der Waals surface area contributed by atoms with Crippen LogP contribution in [0, 0.1) is 0 Å². The highest BCUT2D eigenvalue weighted by atomic mass is 16.3. The molecule has 0 spiro atoms. The Labute approximate surface area is 190 Å². The van der Waals surface area contributed by atoms with Crippen LogP contribution in [0.4, 0.5) is 0 Å².